The monoisotopic (exact) mass is 339 g/mol. The quantitative estimate of drug-likeness (QED) is 0.921. The molecule has 1 N–H and O–H groups in total. The second-order valence-electron chi connectivity index (χ2n) is 6.17. The first-order chi connectivity index (χ1) is 12.0. The number of carbonyl (C=O) groups excluding carboxylic acids is 1. The number of aromatic nitrogens is 3. The first-order valence-corrected chi connectivity index (χ1v) is 8.41. The van der Waals surface area contributed by atoms with E-state index in [0.29, 0.717) is 30.9 Å². The average molecular weight is 339 g/mol. The zero-order valence-corrected chi connectivity index (χ0v) is 14.6. The van der Waals surface area contributed by atoms with E-state index >= 15 is 0 Å². The number of amides is 1. The van der Waals surface area contributed by atoms with Gasteiger partial charge >= 0.3 is 0 Å². The second-order valence-corrected chi connectivity index (χ2v) is 6.17. The standard InChI is InChI=1S/C18H21N5O2/c1-4-23-17(15-7-11(2)25-12(3)16(15)22-23)18(24)21-10-13-5-6-20-14(8-13)9-19/h5-6,8,11-12H,4,7,10H2,1-3H3,(H,21,24)/t11-,12+/m0/s1. The number of pyridine rings is 1. The molecule has 0 fully saturated rings. The van der Waals surface area contributed by atoms with E-state index in [-0.39, 0.29) is 18.1 Å². The van der Waals surface area contributed by atoms with Crippen LogP contribution in [0.25, 0.3) is 0 Å². The summed E-state index contributed by atoms with van der Waals surface area (Å²) in [6.07, 6.45) is 2.19. The first kappa shape index (κ1) is 17.1. The van der Waals surface area contributed by atoms with Gasteiger partial charge in [0.05, 0.1) is 17.9 Å². The molecular formula is C18H21N5O2. The van der Waals surface area contributed by atoms with Gasteiger partial charge in [-0.05, 0) is 38.5 Å². The molecule has 0 spiro atoms. The predicted octanol–water partition coefficient (Wildman–Crippen LogP) is 2.12. The molecule has 0 saturated heterocycles. The predicted molar refractivity (Wildman–Crippen MR) is 90.7 cm³/mol. The Labute approximate surface area is 146 Å². The van der Waals surface area contributed by atoms with Gasteiger partial charge in [0, 0.05) is 31.3 Å². The summed E-state index contributed by atoms with van der Waals surface area (Å²) in [5.41, 5.74) is 3.59. The van der Waals surface area contributed by atoms with E-state index in [1.54, 1.807) is 23.0 Å². The van der Waals surface area contributed by atoms with Crippen LogP contribution in [0.2, 0.25) is 0 Å². The van der Waals surface area contributed by atoms with Crippen molar-refractivity contribution in [1.29, 1.82) is 5.26 Å². The Morgan fingerprint density at radius 1 is 1.52 bits per heavy atom. The van der Waals surface area contributed by atoms with Gasteiger partial charge in [0.2, 0.25) is 0 Å². The number of nitriles is 1. The molecule has 2 atom stereocenters. The Kier molecular flexibility index (Phi) is 4.81. The lowest BCUT2D eigenvalue weighted by Crippen LogP contribution is -2.28. The summed E-state index contributed by atoms with van der Waals surface area (Å²) in [7, 11) is 0. The van der Waals surface area contributed by atoms with Crippen LogP contribution in [0.4, 0.5) is 0 Å². The van der Waals surface area contributed by atoms with Crippen LogP contribution in [0.1, 0.15) is 59.9 Å². The maximum absolute atomic E-state index is 12.8. The second kappa shape index (κ2) is 7.03. The molecular weight excluding hydrogens is 318 g/mol. The van der Waals surface area contributed by atoms with Crippen LogP contribution in [0.3, 0.4) is 0 Å². The summed E-state index contributed by atoms with van der Waals surface area (Å²) >= 11 is 0. The highest BCUT2D eigenvalue weighted by Crippen LogP contribution is 2.31. The molecule has 1 amide bonds. The number of carbonyl (C=O) groups is 1. The molecule has 1 aliphatic heterocycles. The highest BCUT2D eigenvalue weighted by atomic mass is 16.5. The van der Waals surface area contributed by atoms with Crippen LogP contribution >= 0.6 is 0 Å². The number of fused-ring (bicyclic) bond motifs is 1. The molecule has 2 aromatic rings. The van der Waals surface area contributed by atoms with Crippen molar-refractivity contribution in [3.63, 3.8) is 0 Å². The van der Waals surface area contributed by atoms with Crippen molar-refractivity contribution < 1.29 is 9.53 Å². The Morgan fingerprint density at radius 3 is 3.04 bits per heavy atom. The number of rotatable bonds is 4. The van der Waals surface area contributed by atoms with Crippen molar-refractivity contribution in [2.24, 2.45) is 0 Å². The summed E-state index contributed by atoms with van der Waals surface area (Å²) in [4.78, 5) is 16.7. The molecule has 3 rings (SSSR count). The molecule has 0 radical (unpaired) electrons. The summed E-state index contributed by atoms with van der Waals surface area (Å²) in [5, 5.41) is 16.4. The fourth-order valence-corrected chi connectivity index (χ4v) is 3.19. The van der Waals surface area contributed by atoms with Gasteiger partial charge in [-0.2, -0.15) is 10.4 Å². The molecule has 130 valence electrons. The van der Waals surface area contributed by atoms with E-state index in [4.69, 9.17) is 10.00 Å². The maximum Gasteiger partial charge on any atom is 0.270 e. The zero-order valence-electron chi connectivity index (χ0n) is 14.6. The molecule has 1 aliphatic rings. The summed E-state index contributed by atoms with van der Waals surface area (Å²) in [6, 6.07) is 5.45. The summed E-state index contributed by atoms with van der Waals surface area (Å²) in [6.45, 7) is 6.88. The average Bonchev–Trinajstić information content (AvgIpc) is 2.98. The molecule has 0 aliphatic carbocycles. The minimum Gasteiger partial charge on any atom is -0.369 e. The van der Waals surface area contributed by atoms with Gasteiger partial charge in [-0.15, -0.1) is 0 Å². The lowest BCUT2D eigenvalue weighted by Gasteiger charge is -2.24. The highest BCUT2D eigenvalue weighted by Gasteiger charge is 2.31. The highest BCUT2D eigenvalue weighted by molar-refractivity contribution is 5.94. The van der Waals surface area contributed by atoms with Crippen LogP contribution in [0.15, 0.2) is 18.3 Å². The van der Waals surface area contributed by atoms with Crippen molar-refractivity contribution in [1.82, 2.24) is 20.1 Å². The minimum atomic E-state index is -0.160. The van der Waals surface area contributed by atoms with E-state index in [0.717, 1.165) is 16.8 Å². The topological polar surface area (TPSA) is 92.8 Å². The van der Waals surface area contributed by atoms with E-state index in [1.165, 1.54) is 0 Å². The molecule has 3 heterocycles. The molecule has 0 aromatic carbocycles. The van der Waals surface area contributed by atoms with Crippen molar-refractivity contribution >= 4 is 5.91 Å². The van der Waals surface area contributed by atoms with Gasteiger partial charge in [0.25, 0.3) is 5.91 Å². The molecule has 25 heavy (non-hydrogen) atoms. The third kappa shape index (κ3) is 3.39. The molecule has 7 nitrogen and oxygen atoms in total. The van der Waals surface area contributed by atoms with Crippen LogP contribution in [-0.4, -0.2) is 26.8 Å². The summed E-state index contributed by atoms with van der Waals surface area (Å²) < 4.78 is 7.56. The summed E-state index contributed by atoms with van der Waals surface area (Å²) in [5.74, 6) is -0.160. The van der Waals surface area contributed by atoms with E-state index in [9.17, 15) is 4.79 Å². The number of nitrogens with zero attached hydrogens (tertiary/aromatic N) is 4. The third-order valence-corrected chi connectivity index (χ3v) is 4.30. The van der Waals surface area contributed by atoms with Crippen LogP contribution < -0.4 is 5.32 Å². The van der Waals surface area contributed by atoms with Gasteiger partial charge in [0.15, 0.2) is 0 Å². The SMILES string of the molecule is CCn1nc2c(c1C(=O)NCc1ccnc(C#N)c1)C[C@H](C)O[C@@H]2C. The van der Waals surface area contributed by atoms with E-state index in [1.807, 2.05) is 26.8 Å². The Balaban J connectivity index is 1.83. The molecule has 2 aromatic heterocycles. The van der Waals surface area contributed by atoms with Gasteiger partial charge in [-0.3, -0.25) is 9.48 Å². The van der Waals surface area contributed by atoms with Crippen LogP contribution in [0.5, 0.6) is 0 Å². The van der Waals surface area contributed by atoms with Crippen LogP contribution in [0, 0.1) is 11.3 Å². The Bertz CT molecular complexity index is 836. The van der Waals surface area contributed by atoms with Gasteiger partial charge in [0.1, 0.15) is 17.5 Å². The van der Waals surface area contributed by atoms with Gasteiger partial charge in [-0.1, -0.05) is 0 Å². The Hall–Kier alpha value is -2.72. The fraction of sp³-hybridized carbons (Fsp3) is 0.444. The molecule has 0 unspecified atom stereocenters. The van der Waals surface area contributed by atoms with Crippen molar-refractivity contribution in [3.8, 4) is 6.07 Å². The van der Waals surface area contributed by atoms with E-state index in [2.05, 4.69) is 15.4 Å². The number of aryl methyl sites for hydroxylation is 1. The van der Waals surface area contributed by atoms with Crippen molar-refractivity contribution in [2.45, 2.75) is 52.5 Å². The third-order valence-electron chi connectivity index (χ3n) is 4.30. The lowest BCUT2D eigenvalue weighted by molar-refractivity contribution is -0.00712. The number of hydrogen-bond donors (Lipinski definition) is 1. The lowest BCUT2D eigenvalue weighted by atomic mass is 9.99. The minimum absolute atomic E-state index is 0.0574. The van der Waals surface area contributed by atoms with Crippen molar-refractivity contribution in [2.75, 3.05) is 0 Å². The Morgan fingerprint density at radius 2 is 2.32 bits per heavy atom. The smallest absolute Gasteiger partial charge is 0.270 e. The number of nitrogens with one attached hydrogen (secondary N) is 1. The number of hydrogen-bond acceptors (Lipinski definition) is 5. The van der Waals surface area contributed by atoms with Crippen LogP contribution in [-0.2, 0) is 24.2 Å². The molecule has 0 saturated carbocycles. The van der Waals surface area contributed by atoms with Gasteiger partial charge in [-0.25, -0.2) is 4.98 Å². The van der Waals surface area contributed by atoms with E-state index < -0.39 is 0 Å². The normalized spacial score (nSPS) is 19.1. The molecule has 0 bridgehead atoms. The largest absolute Gasteiger partial charge is 0.369 e. The van der Waals surface area contributed by atoms with Gasteiger partial charge < -0.3 is 10.1 Å². The first-order valence-electron chi connectivity index (χ1n) is 8.41. The molecule has 7 heteroatoms. The number of ether oxygens (including phenoxy) is 1. The zero-order chi connectivity index (χ0) is 18.0. The fourth-order valence-electron chi connectivity index (χ4n) is 3.19. The van der Waals surface area contributed by atoms with Crippen molar-refractivity contribution in [3.05, 3.63) is 46.5 Å². The maximum atomic E-state index is 12.8.